The number of unbranched alkanes of at least 4 members (excludes halogenated alkanes) is 2. The number of nitrogens with two attached hydrogens (primary N) is 1. The van der Waals surface area contributed by atoms with Gasteiger partial charge in [0.15, 0.2) is 5.75 Å². The summed E-state index contributed by atoms with van der Waals surface area (Å²) in [7, 11) is 1.52. The number of ether oxygens (including phenoxy) is 1. The van der Waals surface area contributed by atoms with Gasteiger partial charge in [0.2, 0.25) is 0 Å². The Morgan fingerprint density at radius 2 is 2.05 bits per heavy atom. The largest absolute Gasteiger partial charge is 0.494 e. The SMILES string of the molecule is CCCCCC(C)(C)CNC(=O)c1cccc(N)c1OC. The first kappa shape index (κ1) is 17.3. The lowest BCUT2D eigenvalue weighted by Crippen LogP contribution is -2.34. The monoisotopic (exact) mass is 292 g/mol. The molecule has 3 N–H and O–H groups in total. The number of amides is 1. The van der Waals surface area contributed by atoms with Crippen LogP contribution in [0.4, 0.5) is 5.69 Å². The van der Waals surface area contributed by atoms with Crippen molar-refractivity contribution in [3.8, 4) is 5.75 Å². The Balaban J connectivity index is 2.63. The number of nitrogens with one attached hydrogen (secondary N) is 1. The second-order valence-corrected chi connectivity index (χ2v) is 6.23. The van der Waals surface area contributed by atoms with Gasteiger partial charge in [-0.2, -0.15) is 0 Å². The number of rotatable bonds is 8. The van der Waals surface area contributed by atoms with E-state index in [2.05, 4.69) is 26.1 Å². The summed E-state index contributed by atoms with van der Waals surface area (Å²) in [6.45, 7) is 7.20. The van der Waals surface area contributed by atoms with Crippen LogP contribution in [0.5, 0.6) is 5.75 Å². The summed E-state index contributed by atoms with van der Waals surface area (Å²) in [6, 6.07) is 5.22. The van der Waals surface area contributed by atoms with Crippen LogP contribution in [0.2, 0.25) is 0 Å². The van der Waals surface area contributed by atoms with Crippen LogP contribution in [0.25, 0.3) is 0 Å². The van der Waals surface area contributed by atoms with Gasteiger partial charge in [-0.15, -0.1) is 0 Å². The van der Waals surface area contributed by atoms with Gasteiger partial charge in [0.25, 0.3) is 5.91 Å². The third kappa shape index (κ3) is 5.29. The Labute approximate surface area is 128 Å². The quantitative estimate of drug-likeness (QED) is 0.568. The Morgan fingerprint density at radius 3 is 2.67 bits per heavy atom. The molecule has 1 aromatic carbocycles. The van der Waals surface area contributed by atoms with Crippen molar-refractivity contribution in [1.82, 2.24) is 5.32 Å². The molecule has 1 rings (SSSR count). The van der Waals surface area contributed by atoms with Gasteiger partial charge in [-0.25, -0.2) is 0 Å². The predicted octanol–water partition coefficient (Wildman–Crippen LogP) is 3.61. The first-order chi connectivity index (χ1) is 9.91. The lowest BCUT2D eigenvalue weighted by Gasteiger charge is -2.25. The molecular formula is C17H28N2O2. The lowest BCUT2D eigenvalue weighted by atomic mass is 9.87. The number of carbonyl (C=O) groups is 1. The van der Waals surface area contributed by atoms with Gasteiger partial charge in [-0.1, -0.05) is 46.1 Å². The Kier molecular flexibility index (Phi) is 6.53. The molecule has 0 spiro atoms. The predicted molar refractivity (Wildman–Crippen MR) is 87.7 cm³/mol. The van der Waals surface area contributed by atoms with Crippen LogP contribution in [-0.4, -0.2) is 19.6 Å². The van der Waals surface area contributed by atoms with Crippen molar-refractivity contribution in [2.45, 2.75) is 46.5 Å². The fourth-order valence-electron chi connectivity index (χ4n) is 2.32. The van der Waals surface area contributed by atoms with Crippen LogP contribution < -0.4 is 15.8 Å². The molecule has 0 bridgehead atoms. The summed E-state index contributed by atoms with van der Waals surface area (Å²) in [6.07, 6.45) is 4.75. The fourth-order valence-corrected chi connectivity index (χ4v) is 2.32. The van der Waals surface area contributed by atoms with Crippen molar-refractivity contribution in [2.75, 3.05) is 19.4 Å². The van der Waals surface area contributed by atoms with Gasteiger partial charge >= 0.3 is 0 Å². The maximum atomic E-state index is 12.3. The molecule has 1 amide bonds. The van der Waals surface area contributed by atoms with Crippen molar-refractivity contribution >= 4 is 11.6 Å². The molecule has 0 radical (unpaired) electrons. The molecular weight excluding hydrogens is 264 g/mol. The molecule has 21 heavy (non-hydrogen) atoms. The van der Waals surface area contributed by atoms with E-state index in [4.69, 9.17) is 10.5 Å². The third-order valence-corrected chi connectivity index (χ3v) is 3.68. The van der Waals surface area contributed by atoms with Gasteiger partial charge < -0.3 is 15.8 Å². The zero-order valence-electron chi connectivity index (χ0n) is 13.7. The summed E-state index contributed by atoms with van der Waals surface area (Å²) in [4.78, 5) is 12.3. The molecule has 0 saturated carbocycles. The average Bonchev–Trinajstić information content (AvgIpc) is 2.44. The number of anilines is 1. The minimum atomic E-state index is -0.136. The van der Waals surface area contributed by atoms with E-state index in [0.29, 0.717) is 23.5 Å². The Morgan fingerprint density at radius 1 is 1.33 bits per heavy atom. The molecule has 118 valence electrons. The van der Waals surface area contributed by atoms with E-state index in [1.807, 2.05) is 0 Å². The van der Waals surface area contributed by atoms with Gasteiger partial charge in [0, 0.05) is 6.54 Å². The number of benzene rings is 1. The van der Waals surface area contributed by atoms with E-state index in [-0.39, 0.29) is 11.3 Å². The second kappa shape index (κ2) is 7.91. The topological polar surface area (TPSA) is 64.4 Å². The zero-order valence-corrected chi connectivity index (χ0v) is 13.7. The fraction of sp³-hybridized carbons (Fsp3) is 0.588. The van der Waals surface area contributed by atoms with Gasteiger partial charge in [0.1, 0.15) is 0 Å². The van der Waals surface area contributed by atoms with Crippen LogP contribution in [-0.2, 0) is 0 Å². The highest BCUT2D eigenvalue weighted by Crippen LogP contribution is 2.27. The minimum Gasteiger partial charge on any atom is -0.494 e. The molecule has 4 heteroatoms. The molecule has 0 aromatic heterocycles. The molecule has 1 aromatic rings. The minimum absolute atomic E-state index is 0.0956. The number of hydrogen-bond donors (Lipinski definition) is 2. The van der Waals surface area contributed by atoms with E-state index in [1.54, 1.807) is 18.2 Å². The van der Waals surface area contributed by atoms with E-state index in [0.717, 1.165) is 6.42 Å². The van der Waals surface area contributed by atoms with Crippen molar-refractivity contribution < 1.29 is 9.53 Å². The summed E-state index contributed by atoms with van der Waals surface area (Å²) in [5, 5.41) is 2.99. The number of methoxy groups -OCH3 is 1. The third-order valence-electron chi connectivity index (χ3n) is 3.68. The van der Waals surface area contributed by atoms with Crippen LogP contribution in [0, 0.1) is 5.41 Å². The molecule has 0 aliphatic rings. The highest BCUT2D eigenvalue weighted by Gasteiger charge is 2.20. The van der Waals surface area contributed by atoms with Gasteiger partial charge in [-0.3, -0.25) is 4.79 Å². The van der Waals surface area contributed by atoms with Crippen molar-refractivity contribution in [3.05, 3.63) is 23.8 Å². The maximum absolute atomic E-state index is 12.3. The van der Waals surface area contributed by atoms with Crippen LogP contribution in [0.15, 0.2) is 18.2 Å². The number of carbonyl (C=O) groups excluding carboxylic acids is 1. The van der Waals surface area contributed by atoms with Crippen molar-refractivity contribution in [3.63, 3.8) is 0 Å². The van der Waals surface area contributed by atoms with E-state index >= 15 is 0 Å². The maximum Gasteiger partial charge on any atom is 0.255 e. The van der Waals surface area contributed by atoms with Crippen LogP contribution in [0.1, 0.15) is 56.8 Å². The summed E-state index contributed by atoms with van der Waals surface area (Å²) >= 11 is 0. The number of nitrogen functional groups attached to an aromatic ring is 1. The Bertz CT molecular complexity index is 470. The second-order valence-electron chi connectivity index (χ2n) is 6.23. The van der Waals surface area contributed by atoms with Crippen molar-refractivity contribution in [2.24, 2.45) is 5.41 Å². The number of hydrogen-bond acceptors (Lipinski definition) is 3. The summed E-state index contributed by atoms with van der Waals surface area (Å²) in [5.41, 5.74) is 6.89. The standard InChI is InChI=1S/C17H28N2O2/c1-5-6-7-11-17(2,3)12-19-16(20)13-9-8-10-14(18)15(13)21-4/h8-10H,5-7,11-12,18H2,1-4H3,(H,19,20). The van der Waals surface area contributed by atoms with E-state index in [1.165, 1.54) is 26.4 Å². The average molecular weight is 292 g/mol. The molecule has 0 fully saturated rings. The molecule has 0 saturated heterocycles. The first-order valence-corrected chi connectivity index (χ1v) is 7.62. The zero-order chi connectivity index (χ0) is 15.9. The molecule has 0 aliphatic heterocycles. The molecule has 0 unspecified atom stereocenters. The van der Waals surface area contributed by atoms with Gasteiger partial charge in [-0.05, 0) is 24.0 Å². The van der Waals surface area contributed by atoms with Crippen molar-refractivity contribution in [1.29, 1.82) is 0 Å². The normalized spacial score (nSPS) is 11.2. The molecule has 0 heterocycles. The molecule has 0 aliphatic carbocycles. The molecule has 0 atom stereocenters. The highest BCUT2D eigenvalue weighted by atomic mass is 16.5. The Hall–Kier alpha value is -1.71. The highest BCUT2D eigenvalue weighted by molar-refractivity contribution is 5.98. The smallest absolute Gasteiger partial charge is 0.255 e. The number of para-hydroxylation sites is 1. The van der Waals surface area contributed by atoms with Gasteiger partial charge in [0.05, 0.1) is 18.4 Å². The van der Waals surface area contributed by atoms with Crippen LogP contribution in [0.3, 0.4) is 0 Å². The first-order valence-electron chi connectivity index (χ1n) is 7.62. The summed E-state index contributed by atoms with van der Waals surface area (Å²) in [5.74, 6) is 0.307. The lowest BCUT2D eigenvalue weighted by molar-refractivity contribution is 0.0931. The molecule has 4 nitrogen and oxygen atoms in total. The van der Waals surface area contributed by atoms with E-state index < -0.39 is 0 Å². The summed E-state index contributed by atoms with van der Waals surface area (Å²) < 4.78 is 5.22. The van der Waals surface area contributed by atoms with Crippen LogP contribution >= 0.6 is 0 Å². The van der Waals surface area contributed by atoms with E-state index in [9.17, 15) is 4.79 Å².